The van der Waals surface area contributed by atoms with Crippen LogP contribution in [0.4, 0.5) is 0 Å². The number of aliphatic carboxylic acids is 1. The van der Waals surface area contributed by atoms with Crippen molar-refractivity contribution in [2.45, 2.75) is 20.3 Å². The second-order valence-electron chi connectivity index (χ2n) is 3.40. The molecule has 0 rings (SSSR count). The van der Waals surface area contributed by atoms with Crippen molar-refractivity contribution in [1.82, 2.24) is 0 Å². The SMILES string of the molecule is CC(C)CC(=O)C(=O)O.NCCS(=O)(=O)O. The molecule has 0 aliphatic heterocycles. The molecule has 4 N–H and O–H groups in total. The van der Waals surface area contributed by atoms with E-state index in [4.69, 9.17) is 15.4 Å². The molecule has 0 saturated heterocycles. The maximum atomic E-state index is 10.4. The summed E-state index contributed by atoms with van der Waals surface area (Å²) in [6.07, 6.45) is 0.134. The van der Waals surface area contributed by atoms with Gasteiger partial charge in [0.05, 0.1) is 5.75 Å². The highest BCUT2D eigenvalue weighted by atomic mass is 32.2. The number of carboxylic acids is 1. The van der Waals surface area contributed by atoms with Crippen LogP contribution in [0.2, 0.25) is 0 Å². The molecular weight excluding hydrogens is 238 g/mol. The van der Waals surface area contributed by atoms with Crippen molar-refractivity contribution >= 4 is 21.9 Å². The zero-order chi connectivity index (χ0) is 13.4. The Labute approximate surface area is 94.4 Å². The number of carboxylic acid groups (broad SMARTS) is 1. The standard InChI is InChI=1S/C6H10O3.C2H7NO3S/c1-4(2)3-5(7)6(8)9;3-1-2-7(4,5)6/h4H,3H2,1-2H3,(H,8,9);1-3H2,(H,4,5,6). The molecule has 0 spiro atoms. The predicted molar refractivity (Wildman–Crippen MR) is 57.6 cm³/mol. The third kappa shape index (κ3) is 15.5. The lowest BCUT2D eigenvalue weighted by atomic mass is 10.1. The third-order valence-corrected chi connectivity index (χ3v) is 1.96. The second kappa shape index (κ2) is 8.20. The number of carbonyl (C=O) groups excluding carboxylic acids is 1. The fourth-order valence-corrected chi connectivity index (χ4v) is 0.905. The van der Waals surface area contributed by atoms with Gasteiger partial charge in [-0.2, -0.15) is 8.42 Å². The molecule has 0 radical (unpaired) electrons. The molecule has 0 aliphatic carbocycles. The van der Waals surface area contributed by atoms with Gasteiger partial charge >= 0.3 is 5.97 Å². The number of Topliss-reactive ketones (excluding diaryl/α,β-unsaturated/α-hetero) is 1. The Hall–Kier alpha value is -0.990. The van der Waals surface area contributed by atoms with Crippen LogP contribution in [0.3, 0.4) is 0 Å². The van der Waals surface area contributed by atoms with Gasteiger partial charge in [0, 0.05) is 13.0 Å². The Morgan fingerprint density at radius 2 is 1.75 bits per heavy atom. The van der Waals surface area contributed by atoms with Gasteiger partial charge in [-0.05, 0) is 5.92 Å². The maximum absolute atomic E-state index is 10.4. The monoisotopic (exact) mass is 255 g/mol. The van der Waals surface area contributed by atoms with Crippen LogP contribution >= 0.6 is 0 Å². The number of nitrogens with two attached hydrogens (primary N) is 1. The summed E-state index contributed by atoms with van der Waals surface area (Å²) in [6, 6.07) is 0. The molecule has 7 nitrogen and oxygen atoms in total. The maximum Gasteiger partial charge on any atom is 0.372 e. The van der Waals surface area contributed by atoms with Gasteiger partial charge in [0.1, 0.15) is 0 Å². The number of hydrogen-bond donors (Lipinski definition) is 3. The van der Waals surface area contributed by atoms with Crippen LogP contribution in [0.15, 0.2) is 0 Å². The third-order valence-electron chi connectivity index (χ3n) is 1.21. The number of carbonyl (C=O) groups is 2. The van der Waals surface area contributed by atoms with E-state index in [1.54, 1.807) is 13.8 Å². The van der Waals surface area contributed by atoms with E-state index in [-0.39, 0.29) is 24.6 Å². The minimum atomic E-state index is -3.80. The zero-order valence-corrected chi connectivity index (χ0v) is 10.0. The van der Waals surface area contributed by atoms with Crippen molar-refractivity contribution in [2.24, 2.45) is 11.7 Å². The van der Waals surface area contributed by atoms with Gasteiger partial charge in [0.25, 0.3) is 10.1 Å². The summed E-state index contributed by atoms with van der Waals surface area (Å²) < 4.78 is 27.3. The average molecular weight is 255 g/mol. The van der Waals surface area contributed by atoms with E-state index in [0.717, 1.165) is 0 Å². The number of hydrogen-bond acceptors (Lipinski definition) is 5. The normalized spacial score (nSPS) is 10.6. The Balaban J connectivity index is 0. The summed E-state index contributed by atoms with van der Waals surface area (Å²) >= 11 is 0. The van der Waals surface area contributed by atoms with E-state index < -0.39 is 21.9 Å². The Bertz CT molecular complexity index is 321. The van der Waals surface area contributed by atoms with E-state index in [9.17, 15) is 18.0 Å². The summed E-state index contributed by atoms with van der Waals surface area (Å²) in [5.41, 5.74) is 4.78. The van der Waals surface area contributed by atoms with Crippen LogP contribution < -0.4 is 5.73 Å². The van der Waals surface area contributed by atoms with E-state index in [2.05, 4.69) is 0 Å². The fraction of sp³-hybridized carbons (Fsp3) is 0.750. The molecule has 0 aliphatic rings. The second-order valence-corrected chi connectivity index (χ2v) is 4.97. The highest BCUT2D eigenvalue weighted by molar-refractivity contribution is 7.85. The predicted octanol–water partition coefficient (Wildman–Crippen LogP) is -0.481. The molecule has 0 unspecified atom stereocenters. The van der Waals surface area contributed by atoms with E-state index >= 15 is 0 Å². The van der Waals surface area contributed by atoms with Gasteiger partial charge < -0.3 is 10.8 Å². The van der Waals surface area contributed by atoms with E-state index in [1.807, 2.05) is 0 Å². The molecule has 16 heavy (non-hydrogen) atoms. The molecule has 0 aromatic carbocycles. The highest BCUT2D eigenvalue weighted by Crippen LogP contribution is 1.99. The molecular formula is C8H17NO6S. The Kier molecular flexibility index (Phi) is 8.92. The zero-order valence-electron chi connectivity index (χ0n) is 9.21. The van der Waals surface area contributed by atoms with Crippen molar-refractivity contribution in [3.63, 3.8) is 0 Å². The Morgan fingerprint density at radius 3 is 1.81 bits per heavy atom. The topological polar surface area (TPSA) is 135 Å². The molecule has 8 heteroatoms. The fourth-order valence-electron chi connectivity index (χ4n) is 0.607. The lowest BCUT2D eigenvalue weighted by Crippen LogP contribution is -2.14. The molecule has 0 amide bonds. The summed E-state index contributed by atoms with van der Waals surface area (Å²) in [7, 11) is -3.80. The molecule has 0 fully saturated rings. The summed E-state index contributed by atoms with van der Waals surface area (Å²) in [5, 5.41) is 8.08. The van der Waals surface area contributed by atoms with Crippen molar-refractivity contribution in [1.29, 1.82) is 0 Å². The first-order valence-electron chi connectivity index (χ1n) is 4.51. The first kappa shape index (κ1) is 17.4. The Morgan fingerprint density at radius 1 is 1.31 bits per heavy atom. The molecule has 96 valence electrons. The van der Waals surface area contributed by atoms with Gasteiger partial charge in [0.15, 0.2) is 0 Å². The van der Waals surface area contributed by atoms with Gasteiger partial charge in [-0.1, -0.05) is 13.8 Å². The quantitative estimate of drug-likeness (QED) is 0.446. The van der Waals surface area contributed by atoms with Crippen molar-refractivity contribution in [3.8, 4) is 0 Å². The average Bonchev–Trinajstić information content (AvgIpc) is 2.01. The summed E-state index contributed by atoms with van der Waals surface area (Å²) in [4.78, 5) is 20.2. The van der Waals surface area contributed by atoms with Crippen molar-refractivity contribution < 1.29 is 27.7 Å². The lowest BCUT2D eigenvalue weighted by Gasteiger charge is -1.97. The number of rotatable bonds is 5. The summed E-state index contributed by atoms with van der Waals surface area (Å²) in [5.74, 6) is -2.25. The van der Waals surface area contributed by atoms with Gasteiger partial charge in [0.2, 0.25) is 5.78 Å². The van der Waals surface area contributed by atoms with Crippen LogP contribution in [0, 0.1) is 5.92 Å². The molecule has 0 aromatic rings. The van der Waals surface area contributed by atoms with Gasteiger partial charge in [-0.25, -0.2) is 4.79 Å². The van der Waals surface area contributed by atoms with Crippen LogP contribution in [-0.2, 0) is 19.7 Å². The van der Waals surface area contributed by atoms with Crippen LogP contribution in [0.25, 0.3) is 0 Å². The minimum absolute atomic E-state index is 0.0289. The summed E-state index contributed by atoms with van der Waals surface area (Å²) in [6.45, 7) is 3.58. The van der Waals surface area contributed by atoms with Crippen LogP contribution in [0.5, 0.6) is 0 Å². The van der Waals surface area contributed by atoms with Crippen molar-refractivity contribution in [2.75, 3.05) is 12.3 Å². The van der Waals surface area contributed by atoms with Gasteiger partial charge in [-0.15, -0.1) is 0 Å². The lowest BCUT2D eigenvalue weighted by molar-refractivity contribution is -0.149. The largest absolute Gasteiger partial charge is 0.476 e. The molecule has 0 atom stereocenters. The first-order chi connectivity index (χ1) is 7.10. The molecule has 0 heterocycles. The van der Waals surface area contributed by atoms with Crippen LogP contribution in [0.1, 0.15) is 20.3 Å². The smallest absolute Gasteiger partial charge is 0.372 e. The van der Waals surface area contributed by atoms with E-state index in [1.165, 1.54) is 0 Å². The number of ketones is 1. The molecule has 0 bridgehead atoms. The minimum Gasteiger partial charge on any atom is -0.476 e. The molecule has 0 saturated carbocycles. The van der Waals surface area contributed by atoms with Crippen molar-refractivity contribution in [3.05, 3.63) is 0 Å². The first-order valence-corrected chi connectivity index (χ1v) is 6.12. The van der Waals surface area contributed by atoms with E-state index in [0.29, 0.717) is 0 Å². The highest BCUT2D eigenvalue weighted by Gasteiger charge is 2.11. The molecule has 0 aromatic heterocycles. The van der Waals surface area contributed by atoms with Crippen LogP contribution in [-0.4, -0.2) is 42.1 Å². The van der Waals surface area contributed by atoms with Gasteiger partial charge in [-0.3, -0.25) is 9.35 Å².